The van der Waals surface area contributed by atoms with Crippen LogP contribution in [0, 0.1) is 16.7 Å². The maximum Gasteiger partial charge on any atom is 0.303 e. The Morgan fingerprint density at radius 2 is 1.56 bits per heavy atom. The van der Waals surface area contributed by atoms with Gasteiger partial charge in [0.1, 0.15) is 5.75 Å². The number of methoxy groups -OCH3 is 1. The van der Waals surface area contributed by atoms with Crippen molar-refractivity contribution in [1.29, 1.82) is 0 Å². The first-order chi connectivity index (χ1) is 23.8. The Kier molecular flexibility index (Phi) is 8.13. The molecule has 3 saturated heterocycles. The van der Waals surface area contributed by atoms with E-state index in [0.29, 0.717) is 18.9 Å². The molecule has 1 aliphatic carbocycles. The predicted octanol–water partition coefficient (Wildman–Crippen LogP) is 3.78. The van der Waals surface area contributed by atoms with Gasteiger partial charge in [-0.05, 0) is 80.7 Å². The second-order valence-corrected chi connectivity index (χ2v) is 18.1. The molecule has 5 heterocycles. The van der Waals surface area contributed by atoms with Gasteiger partial charge in [0.2, 0.25) is 5.91 Å². The first kappa shape index (κ1) is 33.7. The minimum absolute atomic E-state index is 0.0899. The van der Waals surface area contributed by atoms with Crippen LogP contribution >= 0.6 is 0 Å². The van der Waals surface area contributed by atoms with E-state index in [9.17, 15) is 18.0 Å². The van der Waals surface area contributed by atoms with Gasteiger partial charge in [-0.25, -0.2) is 4.72 Å². The molecule has 0 radical (unpaired) electrons. The van der Waals surface area contributed by atoms with E-state index in [4.69, 9.17) is 4.74 Å². The Balaban J connectivity index is 1.25. The molecular formula is C38H50N6O5S. The van der Waals surface area contributed by atoms with Gasteiger partial charge in [-0.2, -0.15) is 12.7 Å². The number of nitrogens with zero attached hydrogens (tertiary/aromatic N) is 5. The number of carbonyl (C=O) groups excluding carboxylic acids is 2. The van der Waals surface area contributed by atoms with Crippen molar-refractivity contribution in [2.45, 2.75) is 51.0 Å². The highest BCUT2D eigenvalue weighted by atomic mass is 32.2. The summed E-state index contributed by atoms with van der Waals surface area (Å²) >= 11 is 0. The molecule has 5 aliphatic rings. The van der Waals surface area contributed by atoms with Crippen LogP contribution in [0.25, 0.3) is 22.2 Å². The molecule has 11 nitrogen and oxygen atoms in total. The van der Waals surface area contributed by atoms with Crippen LogP contribution in [0.5, 0.6) is 5.75 Å². The van der Waals surface area contributed by atoms with Crippen molar-refractivity contribution in [3.63, 3.8) is 0 Å². The summed E-state index contributed by atoms with van der Waals surface area (Å²) in [5, 5.41) is 1.07. The summed E-state index contributed by atoms with van der Waals surface area (Å²) in [7, 11) is 4.91. The van der Waals surface area contributed by atoms with Gasteiger partial charge in [0, 0.05) is 92.8 Å². The Hall–Kier alpha value is -3.45. The van der Waals surface area contributed by atoms with Crippen LogP contribution in [-0.2, 0) is 28.0 Å². The third-order valence-electron chi connectivity index (χ3n) is 12.6. The average molecular weight is 703 g/mol. The molecule has 1 aromatic heterocycles. The Labute approximate surface area is 295 Å². The average Bonchev–Trinajstić information content (AvgIpc) is 3.67. The summed E-state index contributed by atoms with van der Waals surface area (Å²) in [6.45, 7) is 6.08. The molecule has 0 bridgehead atoms. The van der Waals surface area contributed by atoms with Gasteiger partial charge in [-0.15, -0.1) is 0 Å². The van der Waals surface area contributed by atoms with Crippen molar-refractivity contribution in [2.24, 2.45) is 16.7 Å². The minimum atomic E-state index is -3.97. The standard InChI is InChI=1S/C38H50N6O5S/c1-40(2)50(47,48)39-35(45)26-11-13-31-32(17-26)44-18-28(36(46)43-23-37-19-41(3)20-38(37,24-43)22-42(4)21-37)15-27-16-29(49-5)12-14-30(27)34(44)33(31)25-9-7-6-8-10-25/h11-14,16-17,25,28H,6-10,15,18-24H2,1-5H3,(H,39,45). The maximum atomic E-state index is 14.9. The molecule has 4 fully saturated rings. The van der Waals surface area contributed by atoms with E-state index in [1.807, 2.05) is 18.2 Å². The Morgan fingerprint density at radius 3 is 2.18 bits per heavy atom. The molecule has 4 aliphatic heterocycles. The Morgan fingerprint density at radius 1 is 0.900 bits per heavy atom. The van der Waals surface area contributed by atoms with Gasteiger partial charge < -0.3 is 24.0 Å². The third-order valence-corrected chi connectivity index (χ3v) is 14.0. The molecule has 3 aromatic rings. The summed E-state index contributed by atoms with van der Waals surface area (Å²) in [6, 6.07) is 11.8. The molecule has 1 unspecified atom stereocenters. The number of nitrogens with one attached hydrogen (secondary N) is 1. The van der Waals surface area contributed by atoms with Crippen molar-refractivity contribution in [1.82, 2.24) is 28.3 Å². The smallest absolute Gasteiger partial charge is 0.303 e. The fourth-order valence-electron chi connectivity index (χ4n) is 10.6. The van der Waals surface area contributed by atoms with Crippen LogP contribution in [0.3, 0.4) is 0 Å². The second-order valence-electron chi connectivity index (χ2n) is 16.2. The molecule has 268 valence electrons. The highest BCUT2D eigenvalue weighted by Crippen LogP contribution is 2.56. The lowest BCUT2D eigenvalue weighted by Gasteiger charge is -2.30. The van der Waals surface area contributed by atoms with E-state index < -0.39 is 16.1 Å². The molecule has 2 aromatic carbocycles. The van der Waals surface area contributed by atoms with Gasteiger partial charge in [-0.1, -0.05) is 25.3 Å². The van der Waals surface area contributed by atoms with Crippen LogP contribution in [-0.4, -0.2) is 118 Å². The fourth-order valence-corrected chi connectivity index (χ4v) is 11.1. The zero-order chi connectivity index (χ0) is 35.2. The van der Waals surface area contributed by atoms with E-state index in [1.165, 1.54) is 38.9 Å². The van der Waals surface area contributed by atoms with Crippen LogP contribution in [0.2, 0.25) is 0 Å². The van der Waals surface area contributed by atoms with Crippen molar-refractivity contribution >= 4 is 32.9 Å². The van der Waals surface area contributed by atoms with E-state index in [-0.39, 0.29) is 28.2 Å². The zero-order valence-electron chi connectivity index (χ0n) is 30.0. The molecule has 8 rings (SSSR count). The number of carbonyl (C=O) groups is 2. The molecular weight excluding hydrogens is 653 g/mol. The number of amides is 2. The van der Waals surface area contributed by atoms with Crippen molar-refractivity contribution in [2.75, 3.05) is 74.6 Å². The van der Waals surface area contributed by atoms with Gasteiger partial charge in [-0.3, -0.25) is 9.59 Å². The largest absolute Gasteiger partial charge is 0.497 e. The van der Waals surface area contributed by atoms with Gasteiger partial charge in [0.25, 0.3) is 5.91 Å². The predicted molar refractivity (Wildman–Crippen MR) is 193 cm³/mol. The number of hydrogen-bond donors (Lipinski definition) is 1. The molecule has 1 N–H and O–H groups in total. The first-order valence-electron chi connectivity index (χ1n) is 18.1. The topological polar surface area (TPSA) is 107 Å². The molecule has 2 amide bonds. The zero-order valence-corrected chi connectivity index (χ0v) is 30.8. The number of likely N-dealkylation sites (tertiary alicyclic amines) is 3. The normalized spacial score (nSPS) is 27.2. The van der Waals surface area contributed by atoms with Gasteiger partial charge >= 0.3 is 10.2 Å². The second kappa shape index (κ2) is 12.1. The monoisotopic (exact) mass is 702 g/mol. The van der Waals surface area contributed by atoms with Gasteiger partial charge in [0.15, 0.2) is 0 Å². The SMILES string of the molecule is COc1ccc2c(c1)CC(C(=O)N1CC34CN(C)CC3(CN(C)C4)C1)Cn1c-2c(C2CCCCC2)c2ccc(C(=O)NS(=O)(=O)N(C)C)cc21. The summed E-state index contributed by atoms with van der Waals surface area (Å²) in [5.41, 5.74) is 5.93. The number of benzene rings is 2. The highest BCUT2D eigenvalue weighted by Gasteiger charge is 2.66. The highest BCUT2D eigenvalue weighted by molar-refractivity contribution is 7.87. The lowest BCUT2D eigenvalue weighted by molar-refractivity contribution is -0.135. The van der Waals surface area contributed by atoms with Crippen LogP contribution in [0.15, 0.2) is 36.4 Å². The number of ether oxygens (including phenoxy) is 1. The summed E-state index contributed by atoms with van der Waals surface area (Å²) in [4.78, 5) is 35.4. The molecule has 12 heteroatoms. The summed E-state index contributed by atoms with van der Waals surface area (Å²) in [6.07, 6.45) is 6.33. The fraction of sp³-hybridized carbons (Fsp3) is 0.579. The number of fused-ring (bicyclic) bond motifs is 5. The Bertz CT molecular complexity index is 1940. The third kappa shape index (κ3) is 5.28. The number of aromatic nitrogens is 1. The first-order valence-corrected chi connectivity index (χ1v) is 19.5. The maximum absolute atomic E-state index is 14.9. The summed E-state index contributed by atoms with van der Waals surface area (Å²) in [5.74, 6) is 0.326. The van der Waals surface area contributed by atoms with E-state index >= 15 is 0 Å². The molecule has 0 spiro atoms. The van der Waals surface area contributed by atoms with E-state index in [0.717, 1.165) is 89.9 Å². The molecule has 1 saturated carbocycles. The van der Waals surface area contributed by atoms with Crippen LogP contribution in [0.4, 0.5) is 0 Å². The van der Waals surface area contributed by atoms with Gasteiger partial charge in [0.05, 0.1) is 18.7 Å². The number of rotatable bonds is 6. The number of hydrogen-bond acceptors (Lipinski definition) is 7. The van der Waals surface area contributed by atoms with Crippen molar-refractivity contribution in [3.05, 3.63) is 53.1 Å². The van der Waals surface area contributed by atoms with Crippen LogP contribution in [0.1, 0.15) is 59.5 Å². The van der Waals surface area contributed by atoms with Crippen molar-refractivity contribution < 1.29 is 22.7 Å². The summed E-state index contributed by atoms with van der Waals surface area (Å²) < 4.78 is 36.4. The lowest BCUT2D eigenvalue weighted by Crippen LogP contribution is -2.43. The van der Waals surface area contributed by atoms with E-state index in [1.54, 1.807) is 13.2 Å². The van der Waals surface area contributed by atoms with E-state index in [2.05, 4.69) is 50.2 Å². The molecule has 1 atom stereocenters. The minimum Gasteiger partial charge on any atom is -0.497 e. The van der Waals surface area contributed by atoms with Crippen LogP contribution < -0.4 is 9.46 Å². The van der Waals surface area contributed by atoms with Crippen molar-refractivity contribution in [3.8, 4) is 17.0 Å². The lowest BCUT2D eigenvalue weighted by atomic mass is 9.71. The molecule has 50 heavy (non-hydrogen) atoms. The quantitative estimate of drug-likeness (QED) is 0.417.